The van der Waals surface area contributed by atoms with Gasteiger partial charge in [0, 0.05) is 13.1 Å². The van der Waals surface area contributed by atoms with Crippen molar-refractivity contribution in [3.8, 4) is 0 Å². The predicted octanol–water partition coefficient (Wildman–Crippen LogP) is 5.15. The van der Waals surface area contributed by atoms with E-state index in [1.54, 1.807) is 18.2 Å². The molecule has 1 unspecified atom stereocenters. The maximum atomic E-state index is 13.8. The number of sulfonamides is 1. The fraction of sp³-hybridized carbons (Fsp3) is 0.310. The van der Waals surface area contributed by atoms with Gasteiger partial charge in [0.05, 0.1) is 16.1 Å². The van der Waals surface area contributed by atoms with Gasteiger partial charge in [-0.3, -0.25) is 13.9 Å². The van der Waals surface area contributed by atoms with Crippen LogP contribution >= 0.6 is 0 Å². The molecule has 0 aliphatic heterocycles. The van der Waals surface area contributed by atoms with Crippen LogP contribution in [0.5, 0.6) is 0 Å². The maximum Gasteiger partial charge on any atom is 0.416 e. The lowest BCUT2D eigenvalue weighted by Gasteiger charge is -2.32. The largest absolute Gasteiger partial charge is 0.416 e. The van der Waals surface area contributed by atoms with Gasteiger partial charge in [-0.15, -0.1) is 0 Å². The number of alkyl halides is 3. The van der Waals surface area contributed by atoms with Crippen LogP contribution in [0.15, 0.2) is 83.8 Å². The molecule has 0 aromatic heterocycles. The molecule has 0 saturated carbocycles. The summed E-state index contributed by atoms with van der Waals surface area (Å²) in [6.45, 7) is 4.82. The molecule has 0 heterocycles. The smallest absolute Gasteiger partial charge is 0.354 e. The summed E-state index contributed by atoms with van der Waals surface area (Å²) in [7, 11) is -4.47. The molecule has 0 radical (unpaired) electrons. The van der Waals surface area contributed by atoms with Crippen molar-refractivity contribution in [2.24, 2.45) is 0 Å². The fourth-order valence-electron chi connectivity index (χ4n) is 4.07. The molecule has 1 atom stereocenters. The van der Waals surface area contributed by atoms with Crippen LogP contribution in [0.3, 0.4) is 0 Å². The summed E-state index contributed by atoms with van der Waals surface area (Å²) in [5.74, 6) is -1.18. The third kappa shape index (κ3) is 7.62. The zero-order valence-electron chi connectivity index (χ0n) is 22.5. The van der Waals surface area contributed by atoms with Crippen molar-refractivity contribution in [3.05, 3.63) is 95.6 Å². The average Bonchev–Trinajstić information content (AvgIpc) is 2.92. The van der Waals surface area contributed by atoms with Gasteiger partial charge in [0.2, 0.25) is 11.8 Å². The number of benzene rings is 3. The number of halogens is 3. The van der Waals surface area contributed by atoms with Gasteiger partial charge in [-0.25, -0.2) is 8.42 Å². The highest BCUT2D eigenvalue weighted by Gasteiger charge is 2.35. The summed E-state index contributed by atoms with van der Waals surface area (Å²) in [5.41, 5.74) is 0.241. The van der Waals surface area contributed by atoms with Gasteiger partial charge in [0.15, 0.2) is 0 Å². The Kier molecular flexibility index (Phi) is 9.97. The van der Waals surface area contributed by atoms with E-state index in [2.05, 4.69) is 5.32 Å². The molecular formula is C29H32F3N3O4S. The van der Waals surface area contributed by atoms with Gasteiger partial charge in [0.1, 0.15) is 12.6 Å². The minimum Gasteiger partial charge on any atom is -0.354 e. The van der Waals surface area contributed by atoms with Crippen molar-refractivity contribution in [2.45, 2.75) is 50.9 Å². The Bertz CT molecular complexity index is 1430. The monoisotopic (exact) mass is 575 g/mol. The number of rotatable bonds is 11. The van der Waals surface area contributed by atoms with E-state index in [0.29, 0.717) is 28.9 Å². The Morgan fingerprint density at radius 3 is 2.25 bits per heavy atom. The molecule has 3 aromatic carbocycles. The second-order valence-corrected chi connectivity index (χ2v) is 11.2. The van der Waals surface area contributed by atoms with Crippen LogP contribution in [0.1, 0.15) is 37.0 Å². The number of nitrogens with one attached hydrogen (secondary N) is 1. The number of amides is 2. The normalized spacial score (nSPS) is 12.4. The molecule has 0 aliphatic rings. The van der Waals surface area contributed by atoms with E-state index in [1.165, 1.54) is 42.2 Å². The molecule has 0 bridgehead atoms. The summed E-state index contributed by atoms with van der Waals surface area (Å²) >= 11 is 0. The molecule has 3 rings (SSSR count). The van der Waals surface area contributed by atoms with Gasteiger partial charge in [-0.2, -0.15) is 13.2 Å². The molecule has 214 valence electrons. The molecule has 1 N–H and O–H groups in total. The van der Waals surface area contributed by atoms with Crippen molar-refractivity contribution in [1.82, 2.24) is 10.2 Å². The van der Waals surface area contributed by atoms with Crippen molar-refractivity contribution in [2.75, 3.05) is 17.4 Å². The van der Waals surface area contributed by atoms with Gasteiger partial charge < -0.3 is 10.2 Å². The third-order valence-corrected chi connectivity index (χ3v) is 8.01. The predicted molar refractivity (Wildman–Crippen MR) is 147 cm³/mol. The second kappa shape index (κ2) is 13.0. The SMILES string of the molecule is CCCNC(=O)C(C)N(Cc1cccc(C)c1)C(=O)CN(c1cccc(C(F)(F)F)c1)S(=O)(=O)c1ccccc1. The first-order valence-electron chi connectivity index (χ1n) is 12.7. The zero-order valence-corrected chi connectivity index (χ0v) is 23.3. The van der Waals surface area contributed by atoms with Gasteiger partial charge in [-0.1, -0.05) is 61.0 Å². The number of aryl methyl sites for hydroxylation is 1. The minimum absolute atomic E-state index is 0.0109. The highest BCUT2D eigenvalue weighted by Crippen LogP contribution is 2.33. The molecule has 0 saturated heterocycles. The van der Waals surface area contributed by atoms with Crippen molar-refractivity contribution in [1.29, 1.82) is 0 Å². The molecule has 2 amide bonds. The van der Waals surface area contributed by atoms with Gasteiger partial charge in [-0.05, 0) is 56.2 Å². The van der Waals surface area contributed by atoms with Crippen LogP contribution in [0, 0.1) is 6.92 Å². The Balaban J connectivity index is 2.07. The molecule has 0 spiro atoms. The number of hydrogen-bond acceptors (Lipinski definition) is 4. The lowest BCUT2D eigenvalue weighted by molar-refractivity contribution is -0.139. The average molecular weight is 576 g/mol. The Hall–Kier alpha value is -3.86. The van der Waals surface area contributed by atoms with Crippen molar-refractivity contribution < 1.29 is 31.2 Å². The Morgan fingerprint density at radius 2 is 1.62 bits per heavy atom. The summed E-state index contributed by atoms with van der Waals surface area (Å²) in [5, 5.41) is 2.74. The number of anilines is 1. The maximum absolute atomic E-state index is 13.8. The van der Waals surface area contributed by atoms with E-state index in [1.807, 2.05) is 26.0 Å². The molecule has 11 heteroatoms. The van der Waals surface area contributed by atoms with Crippen LogP contribution in [0.4, 0.5) is 18.9 Å². The van der Waals surface area contributed by atoms with E-state index in [4.69, 9.17) is 0 Å². The van der Waals surface area contributed by atoms with Crippen LogP contribution in [-0.2, 0) is 32.3 Å². The summed E-state index contributed by atoms with van der Waals surface area (Å²) < 4.78 is 68.6. The number of hydrogen-bond donors (Lipinski definition) is 1. The van der Waals surface area contributed by atoms with Crippen molar-refractivity contribution >= 4 is 27.5 Å². The first-order valence-corrected chi connectivity index (χ1v) is 14.2. The quantitative estimate of drug-likeness (QED) is 0.343. The number of carbonyl (C=O) groups excluding carboxylic acids is 2. The van der Waals surface area contributed by atoms with E-state index < -0.39 is 46.2 Å². The number of nitrogens with zero attached hydrogens (tertiary/aromatic N) is 2. The van der Waals surface area contributed by atoms with Gasteiger partial charge >= 0.3 is 6.18 Å². The van der Waals surface area contributed by atoms with Crippen LogP contribution < -0.4 is 9.62 Å². The topological polar surface area (TPSA) is 86.8 Å². The third-order valence-electron chi connectivity index (χ3n) is 6.22. The highest BCUT2D eigenvalue weighted by atomic mass is 32.2. The Morgan fingerprint density at radius 1 is 0.950 bits per heavy atom. The standard InChI is InChI=1S/C29H32F3N3O4S/c1-4-16-33-28(37)22(3)34(19-23-11-8-10-21(2)17-23)27(36)20-35(40(38,39)26-14-6-5-7-15-26)25-13-9-12-24(18-25)29(30,31)32/h5-15,17-18,22H,4,16,19-20H2,1-3H3,(H,33,37). The molecule has 3 aromatic rings. The van der Waals surface area contributed by atoms with E-state index in [-0.39, 0.29) is 17.1 Å². The first kappa shape index (κ1) is 30.7. The number of carbonyl (C=O) groups is 2. The van der Waals surface area contributed by atoms with Crippen LogP contribution in [0.2, 0.25) is 0 Å². The molecule has 7 nitrogen and oxygen atoms in total. The molecule has 0 aliphatic carbocycles. The lowest BCUT2D eigenvalue weighted by atomic mass is 10.1. The molecule has 0 fully saturated rings. The Labute approximate surface area is 232 Å². The zero-order chi connectivity index (χ0) is 29.5. The molecule has 40 heavy (non-hydrogen) atoms. The van der Waals surface area contributed by atoms with E-state index in [9.17, 15) is 31.2 Å². The first-order chi connectivity index (χ1) is 18.8. The minimum atomic E-state index is -4.73. The molecular weight excluding hydrogens is 543 g/mol. The highest BCUT2D eigenvalue weighted by molar-refractivity contribution is 7.92. The summed E-state index contributed by atoms with van der Waals surface area (Å²) in [6, 6.07) is 17.2. The second-order valence-electron chi connectivity index (χ2n) is 9.35. The van der Waals surface area contributed by atoms with Crippen LogP contribution in [-0.4, -0.2) is 44.3 Å². The van der Waals surface area contributed by atoms with E-state index in [0.717, 1.165) is 17.7 Å². The summed E-state index contributed by atoms with van der Waals surface area (Å²) in [4.78, 5) is 27.7. The van der Waals surface area contributed by atoms with E-state index >= 15 is 0 Å². The summed E-state index contributed by atoms with van der Waals surface area (Å²) in [6.07, 6.45) is -4.06. The lowest BCUT2D eigenvalue weighted by Crippen LogP contribution is -2.51. The van der Waals surface area contributed by atoms with Crippen LogP contribution in [0.25, 0.3) is 0 Å². The fourth-order valence-corrected chi connectivity index (χ4v) is 5.50. The van der Waals surface area contributed by atoms with Gasteiger partial charge in [0.25, 0.3) is 10.0 Å². The van der Waals surface area contributed by atoms with Crippen molar-refractivity contribution in [3.63, 3.8) is 0 Å².